The van der Waals surface area contributed by atoms with E-state index < -0.39 is 0 Å². The number of esters is 1. The van der Waals surface area contributed by atoms with Gasteiger partial charge in [0.1, 0.15) is 0 Å². The average molecular weight is 358 g/mol. The number of hydrogen-bond donors (Lipinski definition) is 0. The van der Waals surface area contributed by atoms with Gasteiger partial charge in [-0.1, -0.05) is 19.1 Å². The minimum atomic E-state index is -0.222. The molecular weight excluding hydrogens is 336 g/mol. The van der Waals surface area contributed by atoms with Gasteiger partial charge in [0.15, 0.2) is 6.61 Å². The quantitative estimate of drug-likeness (QED) is 0.788. The molecule has 25 heavy (non-hydrogen) atoms. The van der Waals surface area contributed by atoms with E-state index in [0.29, 0.717) is 12.5 Å². The summed E-state index contributed by atoms with van der Waals surface area (Å²) in [5, 5.41) is 1.10. The van der Waals surface area contributed by atoms with Crippen LogP contribution in [-0.2, 0) is 14.3 Å². The van der Waals surface area contributed by atoms with Crippen LogP contribution >= 0.6 is 11.3 Å². The number of amides is 1. The number of rotatable bonds is 4. The number of carbonyl (C=O) groups excluding carboxylic acids is 2. The van der Waals surface area contributed by atoms with E-state index in [9.17, 15) is 9.59 Å². The first-order valence-corrected chi connectivity index (χ1v) is 9.73. The first-order valence-electron chi connectivity index (χ1n) is 8.91. The molecule has 2 aromatic rings. The van der Waals surface area contributed by atoms with Gasteiger partial charge in [-0.05, 0) is 37.3 Å². The van der Waals surface area contributed by atoms with Crippen LogP contribution < -0.4 is 0 Å². The highest BCUT2D eigenvalue weighted by Gasteiger charge is 2.41. The molecule has 1 saturated carbocycles. The van der Waals surface area contributed by atoms with Crippen molar-refractivity contribution in [3.63, 3.8) is 0 Å². The molecule has 0 N–H and O–H groups in total. The Labute approximate surface area is 151 Å². The van der Waals surface area contributed by atoms with Crippen LogP contribution in [0.5, 0.6) is 0 Å². The molecule has 1 aromatic heterocycles. The first kappa shape index (κ1) is 16.5. The number of fused-ring (bicyclic) bond motifs is 1. The summed E-state index contributed by atoms with van der Waals surface area (Å²) in [7, 11) is 0. The largest absolute Gasteiger partial charge is 0.455 e. The normalized spacial score (nSPS) is 25.8. The number of ether oxygens (including phenoxy) is 1. The molecule has 0 bridgehead atoms. The minimum absolute atomic E-state index is 0.00431. The molecule has 4 rings (SSSR count). The molecule has 1 aliphatic carbocycles. The van der Waals surface area contributed by atoms with Crippen molar-refractivity contribution in [3.05, 3.63) is 29.3 Å². The van der Waals surface area contributed by atoms with Crippen molar-refractivity contribution >= 4 is 33.4 Å². The molecule has 0 spiro atoms. The molecular formula is C19H22N2O3S. The Balaban J connectivity index is 1.36. The third kappa shape index (κ3) is 3.54. The van der Waals surface area contributed by atoms with Crippen LogP contribution in [0.25, 0.3) is 10.2 Å². The zero-order chi connectivity index (χ0) is 17.4. The van der Waals surface area contributed by atoms with Gasteiger partial charge in [0.25, 0.3) is 5.91 Å². The number of para-hydroxylation sites is 1. The van der Waals surface area contributed by atoms with Crippen molar-refractivity contribution in [2.75, 3.05) is 19.7 Å². The second-order valence-corrected chi connectivity index (χ2v) is 8.19. The van der Waals surface area contributed by atoms with E-state index >= 15 is 0 Å². The Bertz CT molecular complexity index is 770. The maximum Gasteiger partial charge on any atom is 0.309 e. The van der Waals surface area contributed by atoms with Gasteiger partial charge in [0.05, 0.1) is 21.1 Å². The van der Waals surface area contributed by atoms with Crippen molar-refractivity contribution in [1.29, 1.82) is 0 Å². The summed E-state index contributed by atoms with van der Waals surface area (Å²) in [5.41, 5.74) is 1.03. The Morgan fingerprint density at radius 3 is 2.92 bits per heavy atom. The predicted molar refractivity (Wildman–Crippen MR) is 96.4 cm³/mol. The average Bonchev–Trinajstić information content (AvgIpc) is 3.21. The third-order valence-electron chi connectivity index (χ3n) is 5.18. The second-order valence-electron chi connectivity index (χ2n) is 7.13. The Hall–Kier alpha value is -1.95. The number of aromatic nitrogens is 1. The molecule has 1 amide bonds. The Morgan fingerprint density at radius 2 is 2.16 bits per heavy atom. The zero-order valence-corrected chi connectivity index (χ0v) is 15.1. The maximum atomic E-state index is 12.4. The van der Waals surface area contributed by atoms with Crippen LogP contribution in [0.4, 0.5) is 0 Å². The van der Waals surface area contributed by atoms with E-state index in [-0.39, 0.29) is 30.3 Å². The van der Waals surface area contributed by atoms with Gasteiger partial charge in [0.2, 0.25) is 0 Å². The van der Waals surface area contributed by atoms with E-state index in [0.717, 1.165) is 36.3 Å². The van der Waals surface area contributed by atoms with Gasteiger partial charge in [-0.2, -0.15) is 0 Å². The lowest BCUT2D eigenvalue weighted by Gasteiger charge is -2.31. The fourth-order valence-corrected chi connectivity index (χ4v) is 4.54. The summed E-state index contributed by atoms with van der Waals surface area (Å²) in [6, 6.07) is 8.13. The van der Waals surface area contributed by atoms with Crippen LogP contribution in [-0.4, -0.2) is 41.5 Å². The summed E-state index contributed by atoms with van der Waals surface area (Å²) in [5.74, 6) is 0.368. The van der Waals surface area contributed by atoms with Gasteiger partial charge >= 0.3 is 5.97 Å². The van der Waals surface area contributed by atoms with Gasteiger partial charge in [-0.15, -0.1) is 11.3 Å². The molecule has 6 heteroatoms. The van der Waals surface area contributed by atoms with E-state index in [2.05, 4.69) is 6.07 Å². The highest BCUT2D eigenvalue weighted by molar-refractivity contribution is 7.18. The Kier molecular flexibility index (Phi) is 4.46. The van der Waals surface area contributed by atoms with Gasteiger partial charge in [0, 0.05) is 19.0 Å². The van der Waals surface area contributed by atoms with E-state index in [1.54, 1.807) is 11.3 Å². The molecule has 5 nitrogen and oxygen atoms in total. The lowest BCUT2D eigenvalue weighted by atomic mass is 9.99. The highest BCUT2D eigenvalue weighted by Crippen LogP contribution is 2.38. The number of hydrogen-bond acceptors (Lipinski definition) is 5. The fraction of sp³-hybridized carbons (Fsp3) is 0.526. The molecule has 3 atom stereocenters. The van der Waals surface area contributed by atoms with E-state index in [1.165, 1.54) is 4.70 Å². The SMILES string of the molecule is C[C@H]1C[C@@H]1C(=O)OCC(=O)N1CCC[C@H](c2nc3ccccc3s2)C1. The van der Waals surface area contributed by atoms with Crippen LogP contribution in [0.3, 0.4) is 0 Å². The Morgan fingerprint density at radius 1 is 1.36 bits per heavy atom. The summed E-state index contributed by atoms with van der Waals surface area (Å²) >= 11 is 1.71. The van der Waals surface area contributed by atoms with Crippen molar-refractivity contribution in [1.82, 2.24) is 9.88 Å². The van der Waals surface area contributed by atoms with E-state index in [1.807, 2.05) is 30.0 Å². The number of benzene rings is 1. The predicted octanol–water partition coefficient (Wildman–Crippen LogP) is 3.20. The van der Waals surface area contributed by atoms with Crippen molar-refractivity contribution in [2.24, 2.45) is 11.8 Å². The van der Waals surface area contributed by atoms with Crippen LogP contribution in [0.2, 0.25) is 0 Å². The molecule has 0 radical (unpaired) electrons. The smallest absolute Gasteiger partial charge is 0.309 e. The standard InChI is InChI=1S/C19H22N2O3S/c1-12-9-14(12)19(23)24-11-17(22)21-8-4-5-13(10-21)18-20-15-6-2-3-7-16(15)25-18/h2-3,6-7,12-14H,4-5,8-11H2,1H3/t12-,13-,14-/m0/s1. The topological polar surface area (TPSA) is 59.5 Å². The van der Waals surface area contributed by atoms with Gasteiger partial charge in [-0.25, -0.2) is 4.98 Å². The number of piperidine rings is 1. The van der Waals surface area contributed by atoms with Crippen LogP contribution in [0.1, 0.15) is 37.1 Å². The van der Waals surface area contributed by atoms with Crippen LogP contribution in [0, 0.1) is 11.8 Å². The molecule has 1 saturated heterocycles. The number of likely N-dealkylation sites (tertiary alicyclic amines) is 1. The van der Waals surface area contributed by atoms with Crippen molar-refractivity contribution in [3.8, 4) is 0 Å². The highest BCUT2D eigenvalue weighted by atomic mass is 32.1. The van der Waals surface area contributed by atoms with Gasteiger partial charge in [-0.3, -0.25) is 9.59 Å². The number of carbonyl (C=O) groups is 2. The summed E-state index contributed by atoms with van der Waals surface area (Å²) in [4.78, 5) is 30.8. The molecule has 2 aliphatic rings. The van der Waals surface area contributed by atoms with Crippen molar-refractivity contribution < 1.29 is 14.3 Å². The lowest BCUT2D eigenvalue weighted by molar-refractivity contribution is -0.153. The zero-order valence-electron chi connectivity index (χ0n) is 14.3. The summed E-state index contributed by atoms with van der Waals surface area (Å²) < 4.78 is 6.39. The van der Waals surface area contributed by atoms with Gasteiger partial charge < -0.3 is 9.64 Å². The number of nitrogens with zero attached hydrogens (tertiary/aromatic N) is 2. The van der Waals surface area contributed by atoms with E-state index in [4.69, 9.17) is 9.72 Å². The number of thiazole rings is 1. The van der Waals surface area contributed by atoms with Crippen molar-refractivity contribution in [2.45, 2.75) is 32.1 Å². The molecule has 132 valence electrons. The molecule has 0 unspecified atom stereocenters. The van der Waals surface area contributed by atoms with Crippen LogP contribution in [0.15, 0.2) is 24.3 Å². The fourth-order valence-electron chi connectivity index (χ4n) is 3.45. The molecule has 1 aromatic carbocycles. The molecule has 2 heterocycles. The maximum absolute atomic E-state index is 12.4. The molecule has 1 aliphatic heterocycles. The minimum Gasteiger partial charge on any atom is -0.455 e. The third-order valence-corrected chi connectivity index (χ3v) is 6.38. The first-order chi connectivity index (χ1) is 12.1. The monoisotopic (exact) mass is 358 g/mol. The molecule has 2 fully saturated rings. The second kappa shape index (κ2) is 6.75. The lowest BCUT2D eigenvalue weighted by Crippen LogP contribution is -2.41. The summed E-state index contributed by atoms with van der Waals surface area (Å²) in [6.45, 7) is 3.29. The summed E-state index contributed by atoms with van der Waals surface area (Å²) in [6.07, 6.45) is 2.89.